The summed E-state index contributed by atoms with van der Waals surface area (Å²) >= 11 is 1.84. The van der Waals surface area contributed by atoms with Gasteiger partial charge in [0, 0.05) is 22.6 Å². The predicted octanol–water partition coefficient (Wildman–Crippen LogP) is 3.54. The summed E-state index contributed by atoms with van der Waals surface area (Å²) in [5.74, 6) is 0. The van der Waals surface area contributed by atoms with Gasteiger partial charge in [-0.05, 0) is 60.9 Å². The Bertz CT molecular complexity index is 548. The van der Waals surface area contributed by atoms with E-state index in [0.717, 1.165) is 18.5 Å². The number of hydrogen-bond donors (Lipinski definition) is 2. The maximum Gasteiger partial charge on any atom is 0.0328 e. The van der Waals surface area contributed by atoms with Crippen LogP contribution in [0.1, 0.15) is 35.4 Å². The highest BCUT2D eigenvalue weighted by Crippen LogP contribution is 2.32. The van der Waals surface area contributed by atoms with Gasteiger partial charge in [-0.25, -0.2) is 0 Å². The summed E-state index contributed by atoms with van der Waals surface area (Å²) in [5, 5.41) is 5.91. The SMILES string of the molecule is CC(Cc1cccs1)NC1CCc2cc(N)ccc21. The minimum Gasteiger partial charge on any atom is -0.399 e. The lowest BCUT2D eigenvalue weighted by Crippen LogP contribution is -2.30. The number of anilines is 1. The second-order valence-corrected chi connectivity index (χ2v) is 6.43. The van der Waals surface area contributed by atoms with E-state index >= 15 is 0 Å². The van der Waals surface area contributed by atoms with Crippen LogP contribution in [0.4, 0.5) is 5.69 Å². The molecule has 0 radical (unpaired) electrons. The number of nitrogen functional groups attached to an aromatic ring is 1. The van der Waals surface area contributed by atoms with Gasteiger partial charge in [-0.3, -0.25) is 0 Å². The summed E-state index contributed by atoms with van der Waals surface area (Å²) in [5.41, 5.74) is 9.58. The van der Waals surface area contributed by atoms with Crippen LogP contribution in [-0.2, 0) is 12.8 Å². The standard InChI is InChI=1S/C16H20N2S/c1-11(9-14-3-2-8-19-14)18-16-7-4-12-10-13(17)5-6-15(12)16/h2-3,5-6,8,10-11,16,18H,4,7,9,17H2,1H3. The Kier molecular flexibility index (Phi) is 3.58. The van der Waals surface area contributed by atoms with Crippen molar-refractivity contribution in [2.45, 2.75) is 38.3 Å². The van der Waals surface area contributed by atoms with Crippen LogP contribution in [0.3, 0.4) is 0 Å². The molecule has 1 aliphatic rings. The first-order valence-electron chi connectivity index (χ1n) is 6.89. The van der Waals surface area contributed by atoms with Crippen molar-refractivity contribution in [2.24, 2.45) is 0 Å². The lowest BCUT2D eigenvalue weighted by molar-refractivity contribution is 0.453. The van der Waals surface area contributed by atoms with Crippen molar-refractivity contribution in [1.29, 1.82) is 0 Å². The molecule has 0 amide bonds. The molecule has 1 aromatic carbocycles. The number of thiophene rings is 1. The molecule has 0 aliphatic heterocycles. The molecule has 19 heavy (non-hydrogen) atoms. The van der Waals surface area contributed by atoms with Gasteiger partial charge in [0.1, 0.15) is 0 Å². The summed E-state index contributed by atoms with van der Waals surface area (Å²) in [6, 6.07) is 11.7. The molecule has 3 N–H and O–H groups in total. The number of fused-ring (bicyclic) bond motifs is 1. The van der Waals surface area contributed by atoms with Gasteiger partial charge in [0.2, 0.25) is 0 Å². The summed E-state index contributed by atoms with van der Waals surface area (Å²) in [4.78, 5) is 1.45. The molecule has 1 aliphatic carbocycles. The Morgan fingerprint density at radius 1 is 1.42 bits per heavy atom. The van der Waals surface area contributed by atoms with Crippen molar-refractivity contribution in [3.05, 3.63) is 51.7 Å². The molecule has 3 heteroatoms. The monoisotopic (exact) mass is 272 g/mol. The average molecular weight is 272 g/mol. The lowest BCUT2D eigenvalue weighted by atomic mass is 10.1. The van der Waals surface area contributed by atoms with Crippen LogP contribution in [0.5, 0.6) is 0 Å². The number of benzene rings is 1. The first-order chi connectivity index (χ1) is 9.22. The zero-order chi connectivity index (χ0) is 13.2. The van der Waals surface area contributed by atoms with Gasteiger partial charge in [-0.2, -0.15) is 0 Å². The third-order valence-electron chi connectivity index (χ3n) is 3.82. The molecule has 0 spiro atoms. The Morgan fingerprint density at radius 3 is 3.11 bits per heavy atom. The van der Waals surface area contributed by atoms with Crippen molar-refractivity contribution in [2.75, 3.05) is 5.73 Å². The highest BCUT2D eigenvalue weighted by Gasteiger charge is 2.23. The van der Waals surface area contributed by atoms with E-state index in [1.165, 1.54) is 22.4 Å². The number of nitrogens with one attached hydrogen (secondary N) is 1. The fraction of sp³-hybridized carbons (Fsp3) is 0.375. The Labute approximate surface area is 118 Å². The van der Waals surface area contributed by atoms with E-state index in [1.807, 2.05) is 17.4 Å². The molecular formula is C16H20N2S. The van der Waals surface area contributed by atoms with Crippen LogP contribution < -0.4 is 11.1 Å². The van der Waals surface area contributed by atoms with Crippen molar-refractivity contribution in [1.82, 2.24) is 5.32 Å². The molecule has 3 rings (SSSR count). The highest BCUT2D eigenvalue weighted by atomic mass is 32.1. The van der Waals surface area contributed by atoms with Crippen LogP contribution in [0.15, 0.2) is 35.7 Å². The van der Waals surface area contributed by atoms with Gasteiger partial charge in [-0.1, -0.05) is 12.1 Å². The molecular weight excluding hydrogens is 252 g/mol. The van der Waals surface area contributed by atoms with E-state index in [4.69, 9.17) is 5.73 Å². The first-order valence-corrected chi connectivity index (χ1v) is 7.77. The lowest BCUT2D eigenvalue weighted by Gasteiger charge is -2.20. The van der Waals surface area contributed by atoms with Crippen LogP contribution in [-0.4, -0.2) is 6.04 Å². The molecule has 2 aromatic rings. The van der Waals surface area contributed by atoms with Gasteiger partial charge in [-0.15, -0.1) is 11.3 Å². The Morgan fingerprint density at radius 2 is 2.32 bits per heavy atom. The van der Waals surface area contributed by atoms with Crippen LogP contribution in [0.25, 0.3) is 0 Å². The smallest absolute Gasteiger partial charge is 0.0328 e. The van der Waals surface area contributed by atoms with Gasteiger partial charge in [0.15, 0.2) is 0 Å². The molecule has 2 unspecified atom stereocenters. The van der Waals surface area contributed by atoms with Crippen molar-refractivity contribution < 1.29 is 0 Å². The summed E-state index contributed by atoms with van der Waals surface area (Å²) in [6.45, 7) is 2.27. The maximum absolute atomic E-state index is 5.85. The molecule has 2 atom stereocenters. The number of rotatable bonds is 4. The first kappa shape index (κ1) is 12.7. The molecule has 0 bridgehead atoms. The average Bonchev–Trinajstić information content (AvgIpc) is 2.99. The van der Waals surface area contributed by atoms with Gasteiger partial charge in [0.05, 0.1) is 0 Å². The zero-order valence-corrected chi connectivity index (χ0v) is 12.0. The van der Waals surface area contributed by atoms with E-state index in [-0.39, 0.29) is 0 Å². The molecule has 0 saturated carbocycles. The molecule has 1 aromatic heterocycles. The van der Waals surface area contributed by atoms with Crippen molar-refractivity contribution in [3.8, 4) is 0 Å². The second-order valence-electron chi connectivity index (χ2n) is 5.40. The molecule has 1 heterocycles. The van der Waals surface area contributed by atoms with E-state index in [2.05, 4.69) is 41.9 Å². The van der Waals surface area contributed by atoms with Crippen LogP contribution >= 0.6 is 11.3 Å². The number of aryl methyl sites for hydroxylation is 1. The predicted molar refractivity (Wildman–Crippen MR) is 82.5 cm³/mol. The third kappa shape index (κ3) is 2.82. The van der Waals surface area contributed by atoms with Gasteiger partial charge < -0.3 is 11.1 Å². The molecule has 100 valence electrons. The second kappa shape index (κ2) is 5.35. The minimum atomic E-state index is 0.491. The largest absolute Gasteiger partial charge is 0.399 e. The summed E-state index contributed by atoms with van der Waals surface area (Å²) in [7, 11) is 0. The summed E-state index contributed by atoms with van der Waals surface area (Å²) < 4.78 is 0. The number of nitrogens with two attached hydrogens (primary N) is 1. The summed E-state index contributed by atoms with van der Waals surface area (Å²) in [6.07, 6.45) is 3.44. The van der Waals surface area contributed by atoms with E-state index in [9.17, 15) is 0 Å². The Balaban J connectivity index is 1.66. The molecule has 0 fully saturated rings. The topological polar surface area (TPSA) is 38.0 Å². The quantitative estimate of drug-likeness (QED) is 0.836. The highest BCUT2D eigenvalue weighted by molar-refractivity contribution is 7.09. The normalized spacial score (nSPS) is 19.3. The zero-order valence-electron chi connectivity index (χ0n) is 11.2. The fourth-order valence-electron chi connectivity index (χ4n) is 2.94. The van der Waals surface area contributed by atoms with Crippen molar-refractivity contribution in [3.63, 3.8) is 0 Å². The maximum atomic E-state index is 5.85. The van der Waals surface area contributed by atoms with E-state index < -0.39 is 0 Å². The van der Waals surface area contributed by atoms with Crippen molar-refractivity contribution >= 4 is 17.0 Å². The fourth-order valence-corrected chi connectivity index (χ4v) is 3.78. The van der Waals surface area contributed by atoms with E-state index in [1.54, 1.807) is 0 Å². The third-order valence-corrected chi connectivity index (χ3v) is 4.72. The molecule has 0 saturated heterocycles. The molecule has 2 nitrogen and oxygen atoms in total. The number of hydrogen-bond acceptors (Lipinski definition) is 3. The minimum absolute atomic E-state index is 0.491. The Hall–Kier alpha value is -1.32. The van der Waals surface area contributed by atoms with Gasteiger partial charge >= 0.3 is 0 Å². The van der Waals surface area contributed by atoms with Crippen LogP contribution in [0, 0.1) is 0 Å². The van der Waals surface area contributed by atoms with Crippen LogP contribution in [0.2, 0.25) is 0 Å². The van der Waals surface area contributed by atoms with E-state index in [0.29, 0.717) is 12.1 Å². The van der Waals surface area contributed by atoms with Gasteiger partial charge in [0.25, 0.3) is 0 Å².